The predicted octanol–water partition coefficient (Wildman–Crippen LogP) is -1.62. The van der Waals surface area contributed by atoms with Gasteiger partial charge < -0.3 is 10.6 Å². The summed E-state index contributed by atoms with van der Waals surface area (Å²) in [6.45, 7) is 3.93. The van der Waals surface area contributed by atoms with Crippen molar-refractivity contribution in [3.05, 3.63) is 0 Å². The van der Waals surface area contributed by atoms with Crippen LogP contribution in [0.1, 0.15) is 19.8 Å². The zero-order valence-corrected chi connectivity index (χ0v) is 15.5. The molecule has 3 fully saturated rings. The van der Waals surface area contributed by atoms with E-state index >= 15 is 0 Å². The van der Waals surface area contributed by atoms with Crippen LogP contribution in [0.15, 0.2) is 0 Å². The summed E-state index contributed by atoms with van der Waals surface area (Å²) < 4.78 is 26.8. The lowest BCUT2D eigenvalue weighted by Gasteiger charge is -2.41. The number of nitriles is 1. The minimum absolute atomic E-state index is 0.0430. The molecule has 3 atom stereocenters. The molecule has 3 unspecified atom stereocenters. The molecule has 3 N–H and O–H groups in total. The van der Waals surface area contributed by atoms with E-state index in [0.717, 1.165) is 12.8 Å². The number of nitrogens with zero attached hydrogens (tertiary/aromatic N) is 3. The van der Waals surface area contributed by atoms with Gasteiger partial charge in [-0.25, -0.2) is 13.2 Å². The molecule has 3 aliphatic rings. The van der Waals surface area contributed by atoms with Gasteiger partial charge in [0.15, 0.2) is 0 Å². The molecule has 144 valence electrons. The predicted molar refractivity (Wildman–Crippen MR) is 92.1 cm³/mol. The van der Waals surface area contributed by atoms with Gasteiger partial charge in [0.25, 0.3) is 5.91 Å². The molecule has 3 heterocycles. The fourth-order valence-corrected chi connectivity index (χ4v) is 5.53. The van der Waals surface area contributed by atoms with E-state index in [9.17, 15) is 18.0 Å². The van der Waals surface area contributed by atoms with Gasteiger partial charge in [-0.05, 0) is 19.8 Å². The second-order valence-electron chi connectivity index (χ2n) is 7.26. The van der Waals surface area contributed by atoms with Crippen LogP contribution in [0, 0.1) is 17.2 Å². The van der Waals surface area contributed by atoms with Gasteiger partial charge in [0.1, 0.15) is 5.54 Å². The highest BCUT2D eigenvalue weighted by atomic mass is 32.2. The van der Waals surface area contributed by atoms with E-state index in [0.29, 0.717) is 32.7 Å². The second kappa shape index (κ2) is 7.11. The third kappa shape index (κ3) is 3.83. The van der Waals surface area contributed by atoms with Crippen molar-refractivity contribution in [3.8, 4) is 6.07 Å². The molecule has 11 heteroatoms. The molecule has 3 aliphatic heterocycles. The number of hydrogen-bond acceptors (Lipinski definition) is 7. The average molecular weight is 384 g/mol. The number of carbonyl (C=O) groups is 2. The highest BCUT2D eigenvalue weighted by molar-refractivity contribution is 7.89. The number of imide groups is 1. The Bertz CT molecular complexity index is 719. The summed E-state index contributed by atoms with van der Waals surface area (Å²) in [5.74, 6) is -1.03. The number of amides is 3. The first-order chi connectivity index (χ1) is 12.2. The van der Waals surface area contributed by atoms with Crippen LogP contribution in [-0.2, 0) is 14.8 Å². The molecule has 0 aromatic carbocycles. The maximum Gasteiger partial charge on any atom is 0.322 e. The van der Waals surface area contributed by atoms with Gasteiger partial charge in [-0.1, -0.05) is 0 Å². The SMILES string of the molecule is CC1(CS(=O)(=O)N2CCN(C3CCC(C#N)CN3)CC2)NC(=O)NC1=O. The molecule has 0 saturated carbocycles. The third-order valence-corrected chi connectivity index (χ3v) is 7.36. The molecule has 0 spiro atoms. The van der Waals surface area contributed by atoms with Crippen LogP contribution >= 0.6 is 0 Å². The second-order valence-corrected chi connectivity index (χ2v) is 9.23. The first kappa shape index (κ1) is 19.0. The Morgan fingerprint density at radius 2 is 1.92 bits per heavy atom. The Labute approximate surface area is 152 Å². The van der Waals surface area contributed by atoms with Gasteiger partial charge in [0, 0.05) is 32.7 Å². The molecule has 0 radical (unpaired) electrons. The zero-order chi connectivity index (χ0) is 18.9. The van der Waals surface area contributed by atoms with E-state index in [4.69, 9.17) is 5.26 Å². The molecule has 3 saturated heterocycles. The van der Waals surface area contributed by atoms with E-state index in [1.165, 1.54) is 11.2 Å². The van der Waals surface area contributed by atoms with Gasteiger partial charge in [-0.15, -0.1) is 0 Å². The zero-order valence-electron chi connectivity index (χ0n) is 14.7. The lowest BCUT2D eigenvalue weighted by Crippen LogP contribution is -2.59. The quantitative estimate of drug-likeness (QED) is 0.496. The lowest BCUT2D eigenvalue weighted by molar-refractivity contribution is -0.122. The van der Waals surface area contributed by atoms with Gasteiger partial charge in [0.05, 0.1) is 23.9 Å². The van der Waals surface area contributed by atoms with E-state index < -0.39 is 33.3 Å². The standard InChI is InChI=1S/C15H24N6O4S/c1-15(13(22)18-14(23)19-15)10-26(24,25)21-6-4-20(5-7-21)12-3-2-11(8-16)9-17-12/h11-12,17H,2-7,9-10H2,1H3,(H2,18,19,22,23). The molecular formula is C15H24N6O4S. The van der Waals surface area contributed by atoms with Crippen LogP contribution in [0.5, 0.6) is 0 Å². The highest BCUT2D eigenvalue weighted by Gasteiger charge is 2.47. The maximum absolute atomic E-state index is 12.7. The van der Waals surface area contributed by atoms with Crippen LogP contribution in [-0.4, -0.2) is 79.7 Å². The van der Waals surface area contributed by atoms with Crippen molar-refractivity contribution in [3.63, 3.8) is 0 Å². The van der Waals surface area contributed by atoms with Crippen molar-refractivity contribution >= 4 is 22.0 Å². The van der Waals surface area contributed by atoms with Crippen molar-refractivity contribution in [1.29, 1.82) is 5.26 Å². The van der Waals surface area contributed by atoms with E-state index in [-0.39, 0.29) is 12.1 Å². The fourth-order valence-electron chi connectivity index (χ4n) is 3.69. The highest BCUT2D eigenvalue weighted by Crippen LogP contribution is 2.20. The summed E-state index contributed by atoms with van der Waals surface area (Å²) >= 11 is 0. The Balaban J connectivity index is 1.55. The summed E-state index contributed by atoms with van der Waals surface area (Å²) in [6.07, 6.45) is 1.89. The normalized spacial score (nSPS) is 34.2. The first-order valence-corrected chi connectivity index (χ1v) is 10.3. The van der Waals surface area contributed by atoms with Crippen LogP contribution < -0.4 is 16.0 Å². The maximum atomic E-state index is 12.7. The van der Waals surface area contributed by atoms with Gasteiger partial charge in [0.2, 0.25) is 10.0 Å². The Morgan fingerprint density at radius 3 is 2.42 bits per heavy atom. The van der Waals surface area contributed by atoms with Gasteiger partial charge in [-0.3, -0.25) is 15.0 Å². The van der Waals surface area contributed by atoms with Crippen molar-refractivity contribution in [2.75, 3.05) is 38.5 Å². The molecule has 3 rings (SSSR count). The van der Waals surface area contributed by atoms with Crippen LogP contribution in [0.2, 0.25) is 0 Å². The molecule has 3 amide bonds. The smallest absolute Gasteiger partial charge is 0.322 e. The lowest BCUT2D eigenvalue weighted by atomic mass is 9.98. The molecular weight excluding hydrogens is 360 g/mol. The van der Waals surface area contributed by atoms with Crippen LogP contribution in [0.4, 0.5) is 4.79 Å². The van der Waals surface area contributed by atoms with Gasteiger partial charge in [-0.2, -0.15) is 9.57 Å². The number of piperidine rings is 1. The first-order valence-electron chi connectivity index (χ1n) is 8.72. The number of hydrogen-bond donors (Lipinski definition) is 3. The van der Waals surface area contributed by atoms with Crippen LogP contribution in [0.3, 0.4) is 0 Å². The molecule has 0 aromatic rings. The van der Waals surface area contributed by atoms with E-state index in [1.807, 2.05) is 0 Å². The van der Waals surface area contributed by atoms with Crippen molar-refractivity contribution in [1.82, 2.24) is 25.2 Å². The van der Waals surface area contributed by atoms with Crippen molar-refractivity contribution in [2.24, 2.45) is 5.92 Å². The molecule has 0 aliphatic carbocycles. The number of rotatable bonds is 4. The topological polar surface area (TPSA) is 135 Å². The van der Waals surface area contributed by atoms with E-state index in [2.05, 4.69) is 26.9 Å². The number of piperazine rings is 1. The number of carbonyl (C=O) groups excluding carboxylic acids is 2. The van der Waals surface area contributed by atoms with Crippen molar-refractivity contribution in [2.45, 2.75) is 31.5 Å². The number of urea groups is 1. The Kier molecular flexibility index (Phi) is 5.21. The average Bonchev–Trinajstić information content (AvgIpc) is 2.86. The Hall–Kier alpha value is -1.74. The number of nitrogens with one attached hydrogen (secondary N) is 3. The summed E-state index contributed by atoms with van der Waals surface area (Å²) in [4.78, 5) is 25.4. The Morgan fingerprint density at radius 1 is 1.23 bits per heavy atom. The summed E-state index contributed by atoms with van der Waals surface area (Å²) in [7, 11) is -3.68. The fraction of sp³-hybridized carbons (Fsp3) is 0.800. The molecule has 26 heavy (non-hydrogen) atoms. The molecule has 0 bridgehead atoms. The summed E-state index contributed by atoms with van der Waals surface area (Å²) in [5, 5.41) is 16.8. The van der Waals surface area contributed by atoms with Crippen LogP contribution in [0.25, 0.3) is 0 Å². The molecule has 0 aromatic heterocycles. The molecule has 10 nitrogen and oxygen atoms in total. The largest absolute Gasteiger partial charge is 0.322 e. The van der Waals surface area contributed by atoms with E-state index in [1.54, 1.807) is 0 Å². The third-order valence-electron chi connectivity index (χ3n) is 5.27. The van der Waals surface area contributed by atoms with Crippen molar-refractivity contribution < 1.29 is 18.0 Å². The summed E-state index contributed by atoms with van der Waals surface area (Å²) in [5.41, 5.74) is -1.44. The number of sulfonamides is 1. The minimum Gasteiger partial charge on any atom is -0.322 e. The van der Waals surface area contributed by atoms with Gasteiger partial charge >= 0.3 is 6.03 Å². The summed E-state index contributed by atoms with van der Waals surface area (Å²) in [6, 6.07) is 1.60. The minimum atomic E-state index is -3.68. The monoisotopic (exact) mass is 384 g/mol.